The van der Waals surface area contributed by atoms with Gasteiger partial charge in [-0.15, -0.1) is 0 Å². The normalized spacial score (nSPS) is 19.4. The molecule has 0 aromatic rings. The molecule has 0 unspecified atom stereocenters. The van der Waals surface area contributed by atoms with Gasteiger partial charge in [0.25, 0.3) is 0 Å². The molecule has 7 nitrogen and oxygen atoms in total. The fourth-order valence-electron chi connectivity index (χ4n) is 2.16. The van der Waals surface area contributed by atoms with Gasteiger partial charge in [0.2, 0.25) is 0 Å². The van der Waals surface area contributed by atoms with Gasteiger partial charge in [0.15, 0.2) is 0 Å². The molecule has 1 amide bonds. The predicted octanol–water partition coefficient (Wildman–Crippen LogP) is -0.513. The number of amides is 1. The first-order valence-electron chi connectivity index (χ1n) is 5.44. The van der Waals surface area contributed by atoms with Crippen LogP contribution in [0.5, 0.6) is 0 Å². The van der Waals surface area contributed by atoms with Crippen molar-refractivity contribution >= 4 is 12.1 Å². The number of ether oxygens (including phenoxy) is 1. The fraction of sp³-hybridized carbons (Fsp3) is 0.636. The van der Waals surface area contributed by atoms with Gasteiger partial charge in [0.1, 0.15) is 12.1 Å². The summed E-state index contributed by atoms with van der Waals surface area (Å²) in [6, 6.07) is 0. The van der Waals surface area contributed by atoms with Crippen molar-refractivity contribution < 1.29 is 29.6 Å². The zero-order valence-corrected chi connectivity index (χ0v) is 9.89. The molecule has 0 radical (unpaired) electrons. The van der Waals surface area contributed by atoms with Crippen LogP contribution < -0.4 is 5.32 Å². The molecular weight excluding hydrogens is 242 g/mol. The molecule has 7 heteroatoms. The van der Waals surface area contributed by atoms with Crippen LogP contribution in [0.15, 0.2) is 12.7 Å². The number of hydrogen-bond acceptors (Lipinski definition) is 5. The first-order chi connectivity index (χ1) is 8.43. The number of carbonyl (C=O) groups is 2. The highest BCUT2D eigenvalue weighted by molar-refractivity contribution is 5.86. The van der Waals surface area contributed by atoms with Gasteiger partial charge in [-0.25, -0.2) is 9.59 Å². The van der Waals surface area contributed by atoms with Gasteiger partial charge in [0.05, 0.1) is 13.2 Å². The maximum Gasteiger partial charge on any atom is 0.408 e. The quantitative estimate of drug-likeness (QED) is 0.477. The first-order valence-corrected chi connectivity index (χ1v) is 5.44. The second-order valence-electron chi connectivity index (χ2n) is 4.57. The lowest BCUT2D eigenvalue weighted by molar-refractivity contribution is -0.161. The van der Waals surface area contributed by atoms with E-state index in [2.05, 4.69) is 16.6 Å². The van der Waals surface area contributed by atoms with Crippen LogP contribution >= 0.6 is 0 Å². The third-order valence-corrected chi connectivity index (χ3v) is 3.11. The molecule has 1 rings (SSSR count). The molecule has 0 spiro atoms. The van der Waals surface area contributed by atoms with E-state index in [1.165, 1.54) is 6.08 Å². The number of rotatable bonds is 6. The van der Waals surface area contributed by atoms with Crippen molar-refractivity contribution in [3.05, 3.63) is 12.7 Å². The maximum absolute atomic E-state index is 11.3. The topological polar surface area (TPSA) is 116 Å². The zero-order valence-electron chi connectivity index (χ0n) is 9.89. The summed E-state index contributed by atoms with van der Waals surface area (Å²) in [7, 11) is 0. The van der Waals surface area contributed by atoms with Gasteiger partial charge >= 0.3 is 12.1 Å². The summed E-state index contributed by atoms with van der Waals surface area (Å²) in [5.41, 5.74) is -2.34. The number of carboxylic acid groups (broad SMARTS) is 1. The minimum atomic E-state index is -1.48. The Bertz CT molecular complexity index is 341. The number of alkyl carbamates (subject to hydrolysis) is 1. The summed E-state index contributed by atoms with van der Waals surface area (Å²) in [6.07, 6.45) is 0.429. The molecule has 4 N–H and O–H groups in total. The Morgan fingerprint density at radius 2 is 1.89 bits per heavy atom. The molecule has 0 aromatic carbocycles. The Labute approximate surface area is 104 Å². The molecule has 0 atom stereocenters. The van der Waals surface area contributed by atoms with Crippen LogP contribution in [0.25, 0.3) is 0 Å². The van der Waals surface area contributed by atoms with E-state index in [1.807, 2.05) is 0 Å². The van der Waals surface area contributed by atoms with Crippen molar-refractivity contribution in [3.63, 3.8) is 0 Å². The largest absolute Gasteiger partial charge is 0.480 e. The molecule has 0 bridgehead atoms. The van der Waals surface area contributed by atoms with E-state index in [1.54, 1.807) is 0 Å². The SMILES string of the molecule is C=CCOC(=O)NC1(C(=O)O)CC(CO)(CO)C1. The van der Waals surface area contributed by atoms with Crippen molar-refractivity contribution in [2.24, 2.45) is 5.41 Å². The molecule has 0 saturated heterocycles. The number of carbonyl (C=O) groups excluding carboxylic acids is 1. The number of hydrogen-bond donors (Lipinski definition) is 4. The summed E-state index contributed by atoms with van der Waals surface area (Å²) in [4.78, 5) is 22.5. The highest BCUT2D eigenvalue weighted by Crippen LogP contribution is 2.48. The highest BCUT2D eigenvalue weighted by atomic mass is 16.5. The first kappa shape index (κ1) is 14.5. The van der Waals surface area contributed by atoms with Gasteiger partial charge in [-0.05, 0) is 12.8 Å². The minimum absolute atomic E-state index is 0.0212. The van der Waals surface area contributed by atoms with E-state index < -0.39 is 23.0 Å². The lowest BCUT2D eigenvalue weighted by Gasteiger charge is -2.51. The van der Waals surface area contributed by atoms with E-state index >= 15 is 0 Å². The molecule has 1 aliphatic rings. The zero-order chi connectivity index (χ0) is 13.8. The second kappa shape index (κ2) is 5.36. The number of aliphatic hydroxyl groups excluding tert-OH is 2. The third kappa shape index (κ3) is 2.62. The van der Waals surface area contributed by atoms with E-state index in [0.29, 0.717) is 0 Å². The number of carboxylic acids is 1. The van der Waals surface area contributed by atoms with E-state index in [-0.39, 0.29) is 32.7 Å². The molecule has 102 valence electrons. The summed E-state index contributed by atoms with van der Waals surface area (Å²) >= 11 is 0. The van der Waals surface area contributed by atoms with Gasteiger partial charge in [-0.1, -0.05) is 12.7 Å². The number of aliphatic hydroxyl groups is 2. The van der Waals surface area contributed by atoms with Gasteiger partial charge in [-0.3, -0.25) is 0 Å². The Morgan fingerprint density at radius 3 is 2.28 bits per heavy atom. The van der Waals surface area contributed by atoms with Crippen molar-refractivity contribution in [3.8, 4) is 0 Å². The van der Waals surface area contributed by atoms with E-state index in [9.17, 15) is 9.59 Å². The van der Waals surface area contributed by atoms with Crippen molar-refractivity contribution in [1.29, 1.82) is 0 Å². The smallest absolute Gasteiger partial charge is 0.408 e. The van der Waals surface area contributed by atoms with E-state index in [0.717, 1.165) is 0 Å². The molecule has 0 aliphatic heterocycles. The lowest BCUT2D eigenvalue weighted by Crippen LogP contribution is -2.68. The molecule has 18 heavy (non-hydrogen) atoms. The Morgan fingerprint density at radius 1 is 1.33 bits per heavy atom. The van der Waals surface area contributed by atoms with E-state index in [4.69, 9.17) is 15.3 Å². The fourth-order valence-corrected chi connectivity index (χ4v) is 2.16. The average Bonchev–Trinajstić information content (AvgIpc) is 2.30. The molecule has 1 fully saturated rings. The summed E-state index contributed by atoms with van der Waals surface area (Å²) in [5.74, 6) is -1.21. The van der Waals surface area contributed by atoms with Crippen molar-refractivity contribution in [1.82, 2.24) is 5.32 Å². The molecule has 0 aromatic heterocycles. The standard InChI is InChI=1S/C11H17NO6/c1-2-3-18-9(17)12-11(8(15)16)4-10(5-11,6-13)7-14/h2,13-14H,1,3-7H2,(H,12,17)(H,15,16). The number of aliphatic carboxylic acids is 1. The van der Waals surface area contributed by atoms with Crippen LogP contribution in [0.4, 0.5) is 4.79 Å². The van der Waals surface area contributed by atoms with Crippen molar-refractivity contribution in [2.75, 3.05) is 19.8 Å². The highest BCUT2D eigenvalue weighted by Gasteiger charge is 2.60. The van der Waals surface area contributed by atoms with Crippen LogP contribution in [0.3, 0.4) is 0 Å². The lowest BCUT2D eigenvalue weighted by atomic mass is 9.58. The van der Waals surface area contributed by atoms with Gasteiger partial charge in [0, 0.05) is 5.41 Å². The van der Waals surface area contributed by atoms with Crippen LogP contribution in [0.1, 0.15) is 12.8 Å². The third-order valence-electron chi connectivity index (χ3n) is 3.11. The Balaban J connectivity index is 2.66. The predicted molar refractivity (Wildman–Crippen MR) is 60.9 cm³/mol. The molecule has 0 heterocycles. The second-order valence-corrected chi connectivity index (χ2v) is 4.57. The van der Waals surface area contributed by atoms with Crippen LogP contribution in [-0.2, 0) is 9.53 Å². The van der Waals surface area contributed by atoms with Crippen LogP contribution in [-0.4, -0.2) is 52.7 Å². The van der Waals surface area contributed by atoms with Gasteiger partial charge in [-0.2, -0.15) is 0 Å². The summed E-state index contributed by atoms with van der Waals surface area (Å²) < 4.78 is 4.65. The molecular formula is C11H17NO6. The Hall–Kier alpha value is -1.60. The summed E-state index contributed by atoms with van der Waals surface area (Å²) in [6.45, 7) is 2.68. The molecule has 1 saturated carbocycles. The van der Waals surface area contributed by atoms with Crippen molar-refractivity contribution in [2.45, 2.75) is 18.4 Å². The molecule has 1 aliphatic carbocycles. The minimum Gasteiger partial charge on any atom is -0.480 e. The maximum atomic E-state index is 11.3. The van der Waals surface area contributed by atoms with Crippen LogP contribution in [0, 0.1) is 5.41 Å². The van der Waals surface area contributed by atoms with Gasteiger partial charge < -0.3 is 25.4 Å². The monoisotopic (exact) mass is 259 g/mol. The Kier molecular flexibility index (Phi) is 4.31. The summed E-state index contributed by atoms with van der Waals surface area (Å²) in [5, 5.41) is 29.6. The van der Waals surface area contributed by atoms with Crippen LogP contribution in [0.2, 0.25) is 0 Å². The average molecular weight is 259 g/mol. The number of nitrogens with one attached hydrogen (secondary N) is 1.